The number of hydrogen-bond acceptors (Lipinski definition) is 4. The fraction of sp³-hybridized carbons (Fsp3) is 0.435. The Morgan fingerprint density at radius 2 is 1.83 bits per heavy atom. The first-order valence-electron chi connectivity index (χ1n) is 10.4. The van der Waals surface area contributed by atoms with Gasteiger partial charge in [0, 0.05) is 44.8 Å². The molecule has 3 N–H and O–H groups in total. The lowest BCUT2D eigenvalue weighted by molar-refractivity contribution is -0.116. The van der Waals surface area contributed by atoms with E-state index in [1.54, 1.807) is 13.1 Å². The third-order valence-corrected chi connectivity index (χ3v) is 4.91. The Morgan fingerprint density at radius 3 is 2.53 bits per heavy atom. The number of benzene rings is 1. The Labute approximate surface area is 180 Å². The molecule has 2 rings (SSSR count). The molecule has 0 saturated heterocycles. The summed E-state index contributed by atoms with van der Waals surface area (Å²) in [6.07, 6.45) is 1.33. The predicted molar refractivity (Wildman–Crippen MR) is 124 cm³/mol. The van der Waals surface area contributed by atoms with Crippen molar-refractivity contribution in [2.75, 3.05) is 32.5 Å². The quantitative estimate of drug-likeness (QED) is 0.414. The van der Waals surface area contributed by atoms with E-state index in [-0.39, 0.29) is 5.91 Å². The van der Waals surface area contributed by atoms with Crippen molar-refractivity contribution in [1.29, 1.82) is 0 Å². The molecule has 1 aromatic heterocycles. The minimum Gasteiger partial charge on any atom is -0.356 e. The number of amides is 1. The minimum absolute atomic E-state index is 0.0767. The molecule has 0 aliphatic rings. The number of nitrogens with one attached hydrogen (secondary N) is 3. The van der Waals surface area contributed by atoms with Crippen molar-refractivity contribution in [3.05, 3.63) is 59.8 Å². The lowest BCUT2D eigenvalue weighted by atomic mass is 10.1. The van der Waals surface area contributed by atoms with Crippen LogP contribution in [0.3, 0.4) is 0 Å². The van der Waals surface area contributed by atoms with Gasteiger partial charge < -0.3 is 16.0 Å². The van der Waals surface area contributed by atoms with Crippen molar-refractivity contribution in [2.45, 2.75) is 39.3 Å². The Bertz CT molecular complexity index is 808. The van der Waals surface area contributed by atoms with Gasteiger partial charge >= 0.3 is 0 Å². The van der Waals surface area contributed by atoms with Crippen molar-refractivity contribution < 1.29 is 4.79 Å². The van der Waals surface area contributed by atoms with E-state index in [4.69, 9.17) is 0 Å². The molecule has 1 heterocycles. The van der Waals surface area contributed by atoms with Gasteiger partial charge in [0.1, 0.15) is 5.82 Å². The molecule has 162 valence electrons. The van der Waals surface area contributed by atoms with E-state index in [0.717, 1.165) is 25.2 Å². The van der Waals surface area contributed by atoms with Crippen molar-refractivity contribution in [3.63, 3.8) is 0 Å². The summed E-state index contributed by atoms with van der Waals surface area (Å²) in [5, 5.41) is 9.31. The van der Waals surface area contributed by atoms with Gasteiger partial charge in [0.25, 0.3) is 0 Å². The number of carbonyl (C=O) groups is 1. The number of aliphatic imine (C=N–C) groups is 1. The summed E-state index contributed by atoms with van der Waals surface area (Å²) < 4.78 is 0. The summed E-state index contributed by atoms with van der Waals surface area (Å²) in [6.45, 7) is 6.36. The summed E-state index contributed by atoms with van der Waals surface area (Å²) in [5.41, 5.74) is 2.19. The largest absolute Gasteiger partial charge is 0.356 e. The van der Waals surface area contributed by atoms with E-state index < -0.39 is 0 Å². The van der Waals surface area contributed by atoms with Crippen molar-refractivity contribution in [2.24, 2.45) is 4.99 Å². The van der Waals surface area contributed by atoms with E-state index >= 15 is 0 Å². The third kappa shape index (κ3) is 8.61. The standard InChI is InChI=1S/C23H34N6O/c1-18-9-8-12-21(27-18)28-22(30)14-16-26-23(24-3)25-15-13-19(2)29(4)17-20-10-6-5-7-11-20/h5-12,19H,13-17H2,1-4H3,(H2,24,25,26)(H,27,28,30). The number of aryl methyl sites for hydroxylation is 1. The second-order valence-electron chi connectivity index (χ2n) is 7.43. The number of nitrogens with zero attached hydrogens (tertiary/aromatic N) is 3. The highest BCUT2D eigenvalue weighted by Crippen LogP contribution is 2.08. The van der Waals surface area contributed by atoms with E-state index in [2.05, 4.69) is 69.1 Å². The zero-order valence-electron chi connectivity index (χ0n) is 18.5. The molecule has 1 amide bonds. The normalized spacial score (nSPS) is 12.5. The summed E-state index contributed by atoms with van der Waals surface area (Å²) in [5.74, 6) is 1.21. The highest BCUT2D eigenvalue weighted by atomic mass is 16.1. The monoisotopic (exact) mass is 410 g/mol. The molecule has 0 radical (unpaired) electrons. The average molecular weight is 411 g/mol. The van der Waals surface area contributed by atoms with Gasteiger partial charge in [0.15, 0.2) is 5.96 Å². The fourth-order valence-electron chi connectivity index (χ4n) is 2.98. The molecule has 1 aromatic carbocycles. The zero-order valence-corrected chi connectivity index (χ0v) is 18.5. The minimum atomic E-state index is -0.0767. The summed E-state index contributed by atoms with van der Waals surface area (Å²) in [4.78, 5) is 22.9. The molecular weight excluding hydrogens is 376 g/mol. The zero-order chi connectivity index (χ0) is 21.8. The molecule has 1 unspecified atom stereocenters. The number of aromatic nitrogens is 1. The summed E-state index contributed by atoms with van der Waals surface area (Å²) in [7, 11) is 3.88. The van der Waals surface area contributed by atoms with Gasteiger partial charge in [-0.25, -0.2) is 4.98 Å². The SMILES string of the molecule is CN=C(NCCC(=O)Nc1cccc(C)n1)NCCC(C)N(C)Cc1ccccc1. The second kappa shape index (κ2) is 12.6. The first kappa shape index (κ1) is 23.3. The molecule has 0 aliphatic carbocycles. The molecule has 2 aromatic rings. The number of anilines is 1. The van der Waals surface area contributed by atoms with E-state index in [1.165, 1.54) is 5.56 Å². The molecule has 7 nitrogen and oxygen atoms in total. The lowest BCUT2D eigenvalue weighted by Crippen LogP contribution is -2.41. The summed E-state index contributed by atoms with van der Waals surface area (Å²) >= 11 is 0. The predicted octanol–water partition coefficient (Wildman–Crippen LogP) is 2.79. The first-order valence-corrected chi connectivity index (χ1v) is 10.4. The van der Waals surface area contributed by atoms with Gasteiger partial charge in [-0.2, -0.15) is 0 Å². The average Bonchev–Trinajstić information content (AvgIpc) is 2.73. The molecule has 30 heavy (non-hydrogen) atoms. The summed E-state index contributed by atoms with van der Waals surface area (Å²) in [6, 6.07) is 16.5. The smallest absolute Gasteiger partial charge is 0.227 e. The van der Waals surface area contributed by atoms with Crippen LogP contribution in [0.25, 0.3) is 0 Å². The maximum atomic E-state index is 12.1. The van der Waals surface area contributed by atoms with E-state index in [9.17, 15) is 4.79 Å². The molecule has 7 heteroatoms. The van der Waals surface area contributed by atoms with Crippen LogP contribution in [0.2, 0.25) is 0 Å². The molecule has 0 bridgehead atoms. The topological polar surface area (TPSA) is 81.6 Å². The van der Waals surface area contributed by atoms with Gasteiger partial charge in [-0.05, 0) is 45.0 Å². The Morgan fingerprint density at radius 1 is 1.10 bits per heavy atom. The molecule has 0 saturated carbocycles. The second-order valence-corrected chi connectivity index (χ2v) is 7.43. The first-order chi connectivity index (χ1) is 14.5. The van der Waals surface area contributed by atoms with E-state index in [1.807, 2.05) is 25.1 Å². The fourth-order valence-corrected chi connectivity index (χ4v) is 2.98. The molecular formula is C23H34N6O. The van der Waals surface area contributed by atoms with Crippen LogP contribution >= 0.6 is 0 Å². The van der Waals surface area contributed by atoms with Gasteiger partial charge in [0.05, 0.1) is 0 Å². The highest BCUT2D eigenvalue weighted by molar-refractivity contribution is 5.90. The van der Waals surface area contributed by atoms with Crippen molar-refractivity contribution in [3.8, 4) is 0 Å². The van der Waals surface area contributed by atoms with Crippen LogP contribution in [0.1, 0.15) is 31.0 Å². The van der Waals surface area contributed by atoms with Gasteiger partial charge in [0.2, 0.25) is 5.91 Å². The molecule has 1 atom stereocenters. The van der Waals surface area contributed by atoms with Crippen LogP contribution in [-0.4, -0.2) is 55.0 Å². The maximum Gasteiger partial charge on any atom is 0.227 e. The number of carbonyl (C=O) groups excluding carboxylic acids is 1. The number of rotatable bonds is 10. The third-order valence-electron chi connectivity index (χ3n) is 4.91. The van der Waals surface area contributed by atoms with E-state index in [0.29, 0.717) is 30.8 Å². The maximum absolute atomic E-state index is 12.1. The van der Waals surface area contributed by atoms with Crippen molar-refractivity contribution >= 4 is 17.7 Å². The van der Waals surface area contributed by atoms with Crippen LogP contribution in [0.5, 0.6) is 0 Å². The number of pyridine rings is 1. The van der Waals surface area contributed by atoms with Gasteiger partial charge in [-0.15, -0.1) is 0 Å². The Kier molecular flexibility index (Phi) is 9.80. The number of guanidine groups is 1. The Hall–Kier alpha value is -2.93. The Balaban J connectivity index is 1.63. The van der Waals surface area contributed by atoms with Crippen LogP contribution < -0.4 is 16.0 Å². The van der Waals surface area contributed by atoms with Gasteiger partial charge in [-0.3, -0.25) is 14.7 Å². The number of hydrogen-bond donors (Lipinski definition) is 3. The molecule has 0 aliphatic heterocycles. The van der Waals surface area contributed by atoms with Crippen LogP contribution in [0.4, 0.5) is 5.82 Å². The molecule has 0 fully saturated rings. The highest BCUT2D eigenvalue weighted by Gasteiger charge is 2.10. The van der Waals surface area contributed by atoms with Crippen molar-refractivity contribution in [1.82, 2.24) is 20.5 Å². The van der Waals surface area contributed by atoms with Crippen LogP contribution in [0.15, 0.2) is 53.5 Å². The molecule has 0 spiro atoms. The lowest BCUT2D eigenvalue weighted by Gasteiger charge is -2.25. The van der Waals surface area contributed by atoms with Crippen LogP contribution in [-0.2, 0) is 11.3 Å². The van der Waals surface area contributed by atoms with Crippen LogP contribution in [0, 0.1) is 6.92 Å². The van der Waals surface area contributed by atoms with Gasteiger partial charge in [-0.1, -0.05) is 36.4 Å².